The molecule has 2 rings (SSSR count). The fourth-order valence-corrected chi connectivity index (χ4v) is 3.95. The van der Waals surface area contributed by atoms with Crippen molar-refractivity contribution in [2.24, 2.45) is 17.6 Å². The third-order valence-electron chi connectivity index (χ3n) is 3.91. The molecule has 0 spiro atoms. The van der Waals surface area contributed by atoms with Crippen LogP contribution in [0.25, 0.3) is 0 Å². The lowest BCUT2D eigenvalue weighted by Crippen LogP contribution is -2.45. The minimum atomic E-state index is -3.80. The summed E-state index contributed by atoms with van der Waals surface area (Å²) in [6.07, 6.45) is 0.713. The highest BCUT2D eigenvalue weighted by molar-refractivity contribution is 7.89. The standard InChI is InChI=1S/C13H18F2N2O2S/c1-9-4-5-17(8-10(9)7-16)20(18,19)11-2-3-12(14)13(15)6-11/h2-3,6,9-10H,4-5,7-8,16H2,1H3. The van der Waals surface area contributed by atoms with Crippen molar-refractivity contribution in [3.05, 3.63) is 29.8 Å². The Hall–Kier alpha value is -1.05. The molecule has 0 radical (unpaired) electrons. The monoisotopic (exact) mass is 304 g/mol. The van der Waals surface area contributed by atoms with Crippen molar-refractivity contribution in [1.29, 1.82) is 0 Å². The maximum atomic E-state index is 13.2. The number of nitrogens with two attached hydrogens (primary N) is 1. The van der Waals surface area contributed by atoms with E-state index in [4.69, 9.17) is 5.73 Å². The van der Waals surface area contributed by atoms with Crippen LogP contribution in [-0.2, 0) is 10.0 Å². The van der Waals surface area contributed by atoms with Gasteiger partial charge in [0.05, 0.1) is 4.90 Å². The zero-order chi connectivity index (χ0) is 14.9. The Labute approximate surface area is 117 Å². The Morgan fingerprint density at radius 1 is 1.35 bits per heavy atom. The van der Waals surface area contributed by atoms with Crippen LogP contribution >= 0.6 is 0 Å². The van der Waals surface area contributed by atoms with Crippen LogP contribution < -0.4 is 5.73 Å². The van der Waals surface area contributed by atoms with E-state index in [1.807, 2.05) is 6.92 Å². The molecule has 112 valence electrons. The van der Waals surface area contributed by atoms with Gasteiger partial charge in [-0.1, -0.05) is 6.92 Å². The number of rotatable bonds is 3. The topological polar surface area (TPSA) is 63.4 Å². The fourth-order valence-electron chi connectivity index (χ4n) is 2.43. The van der Waals surface area contributed by atoms with Gasteiger partial charge in [-0.3, -0.25) is 0 Å². The maximum Gasteiger partial charge on any atom is 0.243 e. The minimum absolute atomic E-state index is 0.0869. The van der Waals surface area contributed by atoms with Crippen molar-refractivity contribution in [3.8, 4) is 0 Å². The minimum Gasteiger partial charge on any atom is -0.330 e. The molecule has 1 fully saturated rings. The van der Waals surface area contributed by atoms with E-state index < -0.39 is 21.7 Å². The molecule has 0 aliphatic carbocycles. The molecule has 2 unspecified atom stereocenters. The van der Waals surface area contributed by atoms with Crippen LogP contribution in [0.5, 0.6) is 0 Å². The summed E-state index contributed by atoms with van der Waals surface area (Å²) < 4.78 is 52.2. The molecule has 7 heteroatoms. The van der Waals surface area contributed by atoms with Crippen LogP contribution in [0.15, 0.2) is 23.1 Å². The van der Waals surface area contributed by atoms with E-state index in [0.717, 1.165) is 18.2 Å². The van der Waals surface area contributed by atoms with Crippen LogP contribution in [0.2, 0.25) is 0 Å². The largest absolute Gasteiger partial charge is 0.330 e. The van der Waals surface area contributed by atoms with E-state index in [9.17, 15) is 17.2 Å². The van der Waals surface area contributed by atoms with Crippen molar-refractivity contribution in [3.63, 3.8) is 0 Å². The first-order valence-electron chi connectivity index (χ1n) is 6.51. The second-order valence-electron chi connectivity index (χ2n) is 5.20. The molecule has 0 aromatic heterocycles. The summed E-state index contributed by atoms with van der Waals surface area (Å²) in [6, 6.07) is 2.64. The second-order valence-corrected chi connectivity index (χ2v) is 7.14. The summed E-state index contributed by atoms with van der Waals surface area (Å²) in [5.41, 5.74) is 5.65. The number of hydrogen-bond acceptors (Lipinski definition) is 3. The van der Waals surface area contributed by atoms with Crippen LogP contribution in [0.4, 0.5) is 8.78 Å². The lowest BCUT2D eigenvalue weighted by Gasteiger charge is -2.35. The Bertz CT molecular complexity index is 592. The van der Waals surface area contributed by atoms with Crippen LogP contribution in [-0.4, -0.2) is 32.4 Å². The van der Waals surface area contributed by atoms with Crippen molar-refractivity contribution >= 4 is 10.0 Å². The molecule has 1 aliphatic rings. The highest BCUT2D eigenvalue weighted by Crippen LogP contribution is 2.27. The Morgan fingerprint density at radius 3 is 2.65 bits per heavy atom. The molecule has 1 aliphatic heterocycles. The van der Waals surface area contributed by atoms with Gasteiger partial charge in [0.15, 0.2) is 11.6 Å². The Morgan fingerprint density at radius 2 is 2.05 bits per heavy atom. The zero-order valence-electron chi connectivity index (χ0n) is 11.2. The SMILES string of the molecule is CC1CCN(S(=O)(=O)c2ccc(F)c(F)c2)CC1CN. The zero-order valence-corrected chi connectivity index (χ0v) is 12.0. The van der Waals surface area contributed by atoms with Gasteiger partial charge in [-0.25, -0.2) is 17.2 Å². The third kappa shape index (κ3) is 2.84. The van der Waals surface area contributed by atoms with Crippen molar-refractivity contribution in [1.82, 2.24) is 4.31 Å². The van der Waals surface area contributed by atoms with Crippen molar-refractivity contribution in [2.75, 3.05) is 19.6 Å². The van der Waals surface area contributed by atoms with Gasteiger partial charge in [-0.2, -0.15) is 4.31 Å². The summed E-state index contributed by atoms with van der Waals surface area (Å²) in [5, 5.41) is 0. The molecule has 2 N–H and O–H groups in total. The van der Waals surface area contributed by atoms with Gasteiger partial charge in [-0.05, 0) is 43.0 Å². The first-order valence-corrected chi connectivity index (χ1v) is 7.95. The van der Waals surface area contributed by atoms with E-state index in [2.05, 4.69) is 0 Å². The number of nitrogens with zero attached hydrogens (tertiary/aromatic N) is 1. The molecule has 1 saturated heterocycles. The molecular weight excluding hydrogens is 286 g/mol. The van der Waals surface area contributed by atoms with Gasteiger partial charge in [0.2, 0.25) is 10.0 Å². The molecular formula is C13H18F2N2O2S. The van der Waals surface area contributed by atoms with Crippen LogP contribution in [0, 0.1) is 23.5 Å². The number of hydrogen-bond donors (Lipinski definition) is 1. The Kier molecular flexibility index (Phi) is 4.41. The number of halogens is 2. The van der Waals surface area contributed by atoms with Gasteiger partial charge in [0.1, 0.15) is 0 Å². The van der Waals surface area contributed by atoms with E-state index in [1.54, 1.807) is 0 Å². The molecule has 1 heterocycles. The third-order valence-corrected chi connectivity index (χ3v) is 5.77. The average molecular weight is 304 g/mol. The first-order chi connectivity index (χ1) is 9.36. The summed E-state index contributed by atoms with van der Waals surface area (Å²) >= 11 is 0. The summed E-state index contributed by atoms with van der Waals surface area (Å²) in [4.78, 5) is -0.221. The number of piperidine rings is 1. The quantitative estimate of drug-likeness (QED) is 0.922. The molecule has 0 saturated carbocycles. The average Bonchev–Trinajstić information content (AvgIpc) is 2.42. The molecule has 1 aromatic carbocycles. The van der Waals surface area contributed by atoms with Gasteiger partial charge >= 0.3 is 0 Å². The van der Waals surface area contributed by atoms with Crippen molar-refractivity contribution in [2.45, 2.75) is 18.2 Å². The summed E-state index contributed by atoms with van der Waals surface area (Å²) in [7, 11) is -3.80. The smallest absolute Gasteiger partial charge is 0.243 e. The predicted octanol–water partition coefficient (Wildman–Crippen LogP) is 1.57. The molecule has 1 aromatic rings. The van der Waals surface area contributed by atoms with Crippen LogP contribution in [0.1, 0.15) is 13.3 Å². The van der Waals surface area contributed by atoms with Crippen molar-refractivity contribution < 1.29 is 17.2 Å². The molecule has 2 atom stereocenters. The predicted molar refractivity (Wildman–Crippen MR) is 71.4 cm³/mol. The van der Waals surface area contributed by atoms with Gasteiger partial charge in [0.25, 0.3) is 0 Å². The van der Waals surface area contributed by atoms with Crippen LogP contribution in [0.3, 0.4) is 0 Å². The lowest BCUT2D eigenvalue weighted by atomic mass is 9.88. The highest BCUT2D eigenvalue weighted by atomic mass is 32.2. The van der Waals surface area contributed by atoms with E-state index in [1.165, 1.54) is 4.31 Å². The van der Waals surface area contributed by atoms with Gasteiger partial charge in [-0.15, -0.1) is 0 Å². The normalized spacial score (nSPS) is 24.8. The molecule has 0 bridgehead atoms. The molecule has 4 nitrogen and oxygen atoms in total. The number of benzene rings is 1. The summed E-state index contributed by atoms with van der Waals surface area (Å²) in [5.74, 6) is -1.77. The van der Waals surface area contributed by atoms with Gasteiger partial charge < -0.3 is 5.73 Å². The summed E-state index contributed by atoms with van der Waals surface area (Å²) in [6.45, 7) is 3.14. The maximum absolute atomic E-state index is 13.2. The molecule has 20 heavy (non-hydrogen) atoms. The van der Waals surface area contributed by atoms with E-state index >= 15 is 0 Å². The Balaban J connectivity index is 2.28. The van der Waals surface area contributed by atoms with E-state index in [0.29, 0.717) is 32.0 Å². The van der Waals surface area contributed by atoms with E-state index in [-0.39, 0.29) is 10.8 Å². The second kappa shape index (κ2) is 5.75. The fraction of sp³-hybridized carbons (Fsp3) is 0.538. The van der Waals surface area contributed by atoms with Gasteiger partial charge in [0, 0.05) is 13.1 Å². The molecule has 0 amide bonds. The first kappa shape index (κ1) is 15.3. The number of sulfonamides is 1. The lowest BCUT2D eigenvalue weighted by molar-refractivity contribution is 0.203. The highest BCUT2D eigenvalue weighted by Gasteiger charge is 2.33.